The largest absolute Gasteiger partial charge is 0.341 e. The van der Waals surface area contributed by atoms with E-state index in [1.807, 2.05) is 30.9 Å². The Balaban J connectivity index is 1.75. The molecule has 0 radical (unpaired) electrons. The SMILES string of the molecule is CCc1ccc(C(C)(C)C(=O)N2C[C@@H]3CS(=O)(=O)C[C@@H]3C2)cc1. The van der Waals surface area contributed by atoms with Crippen molar-refractivity contribution in [2.24, 2.45) is 11.8 Å². The van der Waals surface area contributed by atoms with Gasteiger partial charge in [-0.05, 0) is 43.2 Å². The van der Waals surface area contributed by atoms with Crippen molar-refractivity contribution in [3.8, 4) is 0 Å². The topological polar surface area (TPSA) is 54.5 Å². The van der Waals surface area contributed by atoms with Crippen LogP contribution in [0.4, 0.5) is 0 Å². The fourth-order valence-corrected chi connectivity index (χ4v) is 6.07. The summed E-state index contributed by atoms with van der Waals surface area (Å²) < 4.78 is 23.4. The van der Waals surface area contributed by atoms with Crippen LogP contribution in [-0.4, -0.2) is 43.8 Å². The molecule has 126 valence electrons. The second-order valence-corrected chi connectivity index (χ2v) is 9.64. The Morgan fingerprint density at radius 1 is 1.13 bits per heavy atom. The molecule has 4 nitrogen and oxygen atoms in total. The molecule has 1 aromatic carbocycles. The number of hydrogen-bond donors (Lipinski definition) is 0. The Bertz CT molecular complexity index is 686. The summed E-state index contributed by atoms with van der Waals surface area (Å²) in [7, 11) is -2.89. The van der Waals surface area contributed by atoms with Crippen molar-refractivity contribution in [2.75, 3.05) is 24.6 Å². The lowest BCUT2D eigenvalue weighted by atomic mass is 9.82. The summed E-state index contributed by atoms with van der Waals surface area (Å²) in [6, 6.07) is 8.24. The molecule has 2 aliphatic rings. The van der Waals surface area contributed by atoms with E-state index in [1.165, 1.54) is 5.56 Å². The zero-order chi connectivity index (χ0) is 16.8. The average molecular weight is 335 g/mol. The normalized spacial score (nSPS) is 26.3. The number of rotatable bonds is 3. The Morgan fingerprint density at radius 2 is 1.65 bits per heavy atom. The van der Waals surface area contributed by atoms with E-state index < -0.39 is 15.3 Å². The molecule has 2 fully saturated rings. The van der Waals surface area contributed by atoms with Crippen LogP contribution in [0.15, 0.2) is 24.3 Å². The fourth-order valence-electron chi connectivity index (χ4n) is 3.88. The Labute approximate surface area is 138 Å². The van der Waals surface area contributed by atoms with Crippen molar-refractivity contribution in [1.82, 2.24) is 4.90 Å². The number of benzene rings is 1. The fraction of sp³-hybridized carbons (Fsp3) is 0.611. The lowest BCUT2D eigenvalue weighted by Crippen LogP contribution is -2.43. The first kappa shape index (κ1) is 16.5. The zero-order valence-electron chi connectivity index (χ0n) is 14.1. The second kappa shape index (κ2) is 5.62. The van der Waals surface area contributed by atoms with Crippen molar-refractivity contribution < 1.29 is 13.2 Å². The molecule has 0 N–H and O–H groups in total. The first-order chi connectivity index (χ1) is 10.7. The van der Waals surface area contributed by atoms with Crippen LogP contribution in [0.5, 0.6) is 0 Å². The minimum Gasteiger partial charge on any atom is -0.341 e. The van der Waals surface area contributed by atoms with Gasteiger partial charge >= 0.3 is 0 Å². The number of amides is 1. The molecule has 1 amide bonds. The minimum atomic E-state index is -2.89. The van der Waals surface area contributed by atoms with Gasteiger partial charge in [0.25, 0.3) is 0 Å². The van der Waals surface area contributed by atoms with E-state index in [0.717, 1.165) is 12.0 Å². The third-order valence-electron chi connectivity index (χ3n) is 5.42. The molecule has 2 saturated heterocycles. The lowest BCUT2D eigenvalue weighted by molar-refractivity contribution is -0.135. The summed E-state index contributed by atoms with van der Waals surface area (Å²) in [5, 5.41) is 0. The highest BCUT2D eigenvalue weighted by atomic mass is 32.2. The van der Waals surface area contributed by atoms with Gasteiger partial charge in [-0.1, -0.05) is 31.2 Å². The minimum absolute atomic E-state index is 0.105. The summed E-state index contributed by atoms with van der Waals surface area (Å²) in [5.41, 5.74) is 1.70. The highest BCUT2D eigenvalue weighted by Crippen LogP contribution is 2.35. The highest BCUT2D eigenvalue weighted by molar-refractivity contribution is 7.91. The van der Waals surface area contributed by atoms with Gasteiger partial charge in [-0.2, -0.15) is 0 Å². The number of likely N-dealkylation sites (tertiary alicyclic amines) is 1. The number of carbonyl (C=O) groups is 1. The first-order valence-corrected chi connectivity index (χ1v) is 10.1. The van der Waals surface area contributed by atoms with E-state index >= 15 is 0 Å². The highest BCUT2D eigenvalue weighted by Gasteiger charge is 2.47. The maximum Gasteiger partial charge on any atom is 0.232 e. The van der Waals surface area contributed by atoms with Crippen molar-refractivity contribution >= 4 is 15.7 Å². The van der Waals surface area contributed by atoms with Gasteiger partial charge in [-0.3, -0.25) is 4.79 Å². The lowest BCUT2D eigenvalue weighted by Gasteiger charge is -2.30. The average Bonchev–Trinajstić information content (AvgIpc) is 2.99. The van der Waals surface area contributed by atoms with Gasteiger partial charge in [-0.15, -0.1) is 0 Å². The molecular weight excluding hydrogens is 310 g/mol. The van der Waals surface area contributed by atoms with E-state index in [4.69, 9.17) is 0 Å². The van der Waals surface area contributed by atoms with Crippen molar-refractivity contribution in [3.05, 3.63) is 35.4 Å². The number of nitrogens with zero attached hydrogens (tertiary/aromatic N) is 1. The monoisotopic (exact) mass is 335 g/mol. The van der Waals surface area contributed by atoms with Crippen LogP contribution in [0.2, 0.25) is 0 Å². The van der Waals surface area contributed by atoms with Crippen LogP contribution in [0, 0.1) is 11.8 Å². The maximum atomic E-state index is 13.0. The molecule has 0 saturated carbocycles. The van der Waals surface area contributed by atoms with Gasteiger partial charge in [-0.25, -0.2) is 8.42 Å². The van der Waals surface area contributed by atoms with Gasteiger partial charge in [0.1, 0.15) is 0 Å². The summed E-state index contributed by atoms with van der Waals surface area (Å²) in [4.78, 5) is 14.9. The maximum absolute atomic E-state index is 13.0. The molecule has 0 aromatic heterocycles. The predicted molar refractivity (Wildman–Crippen MR) is 91.1 cm³/mol. The second-order valence-electron chi connectivity index (χ2n) is 7.48. The van der Waals surface area contributed by atoms with Crippen molar-refractivity contribution in [2.45, 2.75) is 32.6 Å². The Morgan fingerprint density at radius 3 is 2.13 bits per heavy atom. The molecule has 2 heterocycles. The third-order valence-corrected chi connectivity index (χ3v) is 7.29. The number of hydrogen-bond acceptors (Lipinski definition) is 3. The summed E-state index contributed by atoms with van der Waals surface area (Å²) in [5.74, 6) is 0.845. The number of aryl methyl sites for hydroxylation is 1. The van der Waals surface area contributed by atoms with Gasteiger partial charge in [0.05, 0.1) is 16.9 Å². The van der Waals surface area contributed by atoms with Gasteiger partial charge in [0.15, 0.2) is 9.84 Å². The molecule has 0 unspecified atom stereocenters. The predicted octanol–water partition coefficient (Wildman–Crippen LogP) is 2.03. The van der Waals surface area contributed by atoms with Crippen LogP contribution in [0.25, 0.3) is 0 Å². The molecule has 0 aliphatic carbocycles. The zero-order valence-corrected chi connectivity index (χ0v) is 14.9. The van der Waals surface area contributed by atoms with E-state index in [9.17, 15) is 13.2 Å². The van der Waals surface area contributed by atoms with Crippen LogP contribution >= 0.6 is 0 Å². The molecular formula is C18H25NO3S. The molecule has 0 spiro atoms. The molecule has 2 atom stereocenters. The number of carbonyl (C=O) groups excluding carboxylic acids is 1. The van der Waals surface area contributed by atoms with Crippen molar-refractivity contribution in [3.63, 3.8) is 0 Å². The van der Waals surface area contributed by atoms with Gasteiger partial charge < -0.3 is 4.90 Å². The van der Waals surface area contributed by atoms with Crippen LogP contribution in [0.1, 0.15) is 31.9 Å². The molecule has 1 aromatic rings. The Hall–Kier alpha value is -1.36. The summed E-state index contributed by atoms with van der Waals surface area (Å²) >= 11 is 0. The number of sulfone groups is 1. The van der Waals surface area contributed by atoms with Gasteiger partial charge in [0.2, 0.25) is 5.91 Å². The smallest absolute Gasteiger partial charge is 0.232 e. The summed E-state index contributed by atoms with van der Waals surface area (Å²) in [6.45, 7) is 7.20. The quantitative estimate of drug-likeness (QED) is 0.849. The van der Waals surface area contributed by atoms with Crippen molar-refractivity contribution in [1.29, 1.82) is 0 Å². The van der Waals surface area contributed by atoms with Crippen LogP contribution in [-0.2, 0) is 26.5 Å². The third kappa shape index (κ3) is 3.03. The van der Waals surface area contributed by atoms with Gasteiger partial charge in [0, 0.05) is 13.1 Å². The van der Waals surface area contributed by atoms with E-state index in [0.29, 0.717) is 13.1 Å². The molecule has 23 heavy (non-hydrogen) atoms. The molecule has 5 heteroatoms. The van der Waals surface area contributed by atoms with E-state index in [-0.39, 0.29) is 29.2 Å². The van der Waals surface area contributed by atoms with Crippen LogP contribution in [0.3, 0.4) is 0 Å². The molecule has 2 aliphatic heterocycles. The Kier molecular flexibility index (Phi) is 4.03. The first-order valence-electron chi connectivity index (χ1n) is 8.32. The summed E-state index contributed by atoms with van der Waals surface area (Å²) in [6.07, 6.45) is 0.985. The van der Waals surface area contributed by atoms with Crippen LogP contribution < -0.4 is 0 Å². The van der Waals surface area contributed by atoms with E-state index in [2.05, 4.69) is 19.1 Å². The van der Waals surface area contributed by atoms with E-state index in [1.54, 1.807) is 0 Å². The standard InChI is InChI=1S/C18H25NO3S/c1-4-13-5-7-16(8-6-13)18(2,3)17(20)19-9-14-11-23(21,22)12-15(14)10-19/h5-8,14-15H,4,9-12H2,1-3H3/t14-,15+. The molecule has 0 bridgehead atoms. The molecule has 3 rings (SSSR count). The number of fused-ring (bicyclic) bond motifs is 1.